The van der Waals surface area contributed by atoms with Crippen molar-refractivity contribution in [2.75, 3.05) is 31.6 Å². The third-order valence-corrected chi connectivity index (χ3v) is 3.37. The third kappa shape index (κ3) is 5.98. The summed E-state index contributed by atoms with van der Waals surface area (Å²) < 4.78 is 18.0. The predicted octanol–water partition coefficient (Wildman–Crippen LogP) is 2.85. The smallest absolute Gasteiger partial charge is 0.257 e. The maximum atomic E-state index is 12.7. The van der Waals surface area contributed by atoms with Gasteiger partial charge >= 0.3 is 0 Å². The molecule has 2 rings (SSSR count). The summed E-state index contributed by atoms with van der Waals surface area (Å²) in [7, 11) is 2.02. The van der Waals surface area contributed by atoms with Gasteiger partial charge in [-0.15, -0.1) is 0 Å². The Hall–Kier alpha value is -2.56. The summed E-state index contributed by atoms with van der Waals surface area (Å²) in [4.78, 5) is 13.8. The Morgan fingerprint density at radius 2 is 1.83 bits per heavy atom. The summed E-state index contributed by atoms with van der Waals surface area (Å²) >= 11 is 0. The minimum Gasteiger partial charge on any atom is -0.484 e. The van der Waals surface area contributed by atoms with Crippen molar-refractivity contribution < 1.29 is 13.9 Å². The molecule has 2 aromatic rings. The molecule has 0 saturated carbocycles. The van der Waals surface area contributed by atoms with Gasteiger partial charge in [0.2, 0.25) is 0 Å². The molecular weight excluding hydrogens is 295 g/mol. The van der Waals surface area contributed by atoms with Crippen LogP contribution in [0.1, 0.15) is 6.42 Å². The molecule has 0 aromatic heterocycles. The number of amides is 1. The van der Waals surface area contributed by atoms with Gasteiger partial charge in [0, 0.05) is 25.8 Å². The van der Waals surface area contributed by atoms with Gasteiger partial charge < -0.3 is 15.0 Å². The molecule has 0 saturated heterocycles. The fraction of sp³-hybridized carbons (Fsp3) is 0.278. The van der Waals surface area contributed by atoms with Crippen LogP contribution in [0.5, 0.6) is 5.75 Å². The first-order chi connectivity index (χ1) is 11.1. The van der Waals surface area contributed by atoms with Gasteiger partial charge in [-0.1, -0.05) is 18.2 Å². The fourth-order valence-electron chi connectivity index (χ4n) is 2.09. The van der Waals surface area contributed by atoms with Crippen molar-refractivity contribution in [2.24, 2.45) is 0 Å². The highest BCUT2D eigenvalue weighted by atomic mass is 19.1. The lowest BCUT2D eigenvalue weighted by Gasteiger charge is -2.19. The molecule has 122 valence electrons. The predicted molar refractivity (Wildman–Crippen MR) is 89.2 cm³/mol. The van der Waals surface area contributed by atoms with Gasteiger partial charge in [0.1, 0.15) is 11.6 Å². The van der Waals surface area contributed by atoms with E-state index in [4.69, 9.17) is 4.74 Å². The zero-order valence-corrected chi connectivity index (χ0v) is 13.2. The van der Waals surface area contributed by atoms with Crippen LogP contribution in [0, 0.1) is 5.82 Å². The van der Waals surface area contributed by atoms with Gasteiger partial charge in [-0.25, -0.2) is 4.39 Å². The van der Waals surface area contributed by atoms with Gasteiger partial charge in [-0.05, 0) is 42.8 Å². The highest BCUT2D eigenvalue weighted by Gasteiger charge is 2.04. The largest absolute Gasteiger partial charge is 0.484 e. The SMILES string of the molecule is CN(CCCNC(=O)COc1ccc(F)cc1)c1ccccc1. The van der Waals surface area contributed by atoms with E-state index in [1.165, 1.54) is 24.3 Å². The Morgan fingerprint density at radius 1 is 1.13 bits per heavy atom. The van der Waals surface area contributed by atoms with E-state index in [2.05, 4.69) is 22.3 Å². The van der Waals surface area contributed by atoms with Gasteiger partial charge in [0.05, 0.1) is 0 Å². The van der Waals surface area contributed by atoms with Crippen LogP contribution in [-0.4, -0.2) is 32.7 Å². The first-order valence-corrected chi connectivity index (χ1v) is 7.56. The topological polar surface area (TPSA) is 41.6 Å². The number of carbonyl (C=O) groups is 1. The van der Waals surface area contributed by atoms with Gasteiger partial charge in [0.25, 0.3) is 5.91 Å². The second kappa shape index (κ2) is 8.78. The normalized spacial score (nSPS) is 10.2. The van der Waals surface area contributed by atoms with Crippen molar-refractivity contribution >= 4 is 11.6 Å². The molecule has 0 radical (unpaired) electrons. The van der Waals surface area contributed by atoms with Crippen LogP contribution >= 0.6 is 0 Å². The molecule has 5 heteroatoms. The number of para-hydroxylation sites is 1. The number of halogens is 1. The number of ether oxygens (including phenoxy) is 1. The van der Waals surface area contributed by atoms with Gasteiger partial charge in [-0.3, -0.25) is 4.79 Å². The van der Waals surface area contributed by atoms with E-state index in [0.29, 0.717) is 12.3 Å². The number of nitrogens with one attached hydrogen (secondary N) is 1. The first kappa shape index (κ1) is 16.8. The lowest BCUT2D eigenvalue weighted by molar-refractivity contribution is -0.123. The average molecular weight is 316 g/mol. The Labute approximate surface area is 135 Å². The first-order valence-electron chi connectivity index (χ1n) is 7.56. The second-order valence-electron chi connectivity index (χ2n) is 5.20. The molecular formula is C18H21FN2O2. The number of anilines is 1. The van der Waals surface area contributed by atoms with Crippen LogP contribution in [0.15, 0.2) is 54.6 Å². The van der Waals surface area contributed by atoms with E-state index in [1.54, 1.807) is 0 Å². The van der Waals surface area contributed by atoms with Crippen LogP contribution in [-0.2, 0) is 4.79 Å². The summed E-state index contributed by atoms with van der Waals surface area (Å²) in [6, 6.07) is 15.7. The van der Waals surface area contributed by atoms with Crippen LogP contribution < -0.4 is 15.0 Å². The van der Waals surface area contributed by atoms with E-state index in [1.807, 2.05) is 25.2 Å². The number of rotatable bonds is 8. The minimum absolute atomic E-state index is 0.0693. The maximum Gasteiger partial charge on any atom is 0.257 e. The molecule has 1 amide bonds. The molecule has 0 atom stereocenters. The zero-order valence-electron chi connectivity index (χ0n) is 13.2. The van der Waals surface area contributed by atoms with Crippen LogP contribution in [0.2, 0.25) is 0 Å². The summed E-state index contributed by atoms with van der Waals surface area (Å²) in [5, 5.41) is 2.81. The fourth-order valence-corrected chi connectivity index (χ4v) is 2.09. The summed E-state index contributed by atoms with van der Waals surface area (Å²) in [6.45, 7) is 1.37. The number of benzene rings is 2. The van der Waals surface area contributed by atoms with Crippen molar-refractivity contribution in [3.63, 3.8) is 0 Å². The molecule has 0 spiro atoms. The molecule has 0 aliphatic carbocycles. The van der Waals surface area contributed by atoms with Crippen molar-refractivity contribution in [2.45, 2.75) is 6.42 Å². The Kier molecular flexibility index (Phi) is 6.41. The summed E-state index contributed by atoms with van der Waals surface area (Å²) in [6.07, 6.45) is 0.841. The zero-order chi connectivity index (χ0) is 16.5. The lowest BCUT2D eigenvalue weighted by atomic mass is 10.3. The number of hydrogen-bond donors (Lipinski definition) is 1. The third-order valence-electron chi connectivity index (χ3n) is 3.37. The molecule has 23 heavy (non-hydrogen) atoms. The van der Waals surface area contributed by atoms with E-state index < -0.39 is 0 Å². The highest BCUT2D eigenvalue weighted by Crippen LogP contribution is 2.11. The monoisotopic (exact) mass is 316 g/mol. The molecule has 2 aromatic carbocycles. The molecule has 4 nitrogen and oxygen atoms in total. The van der Waals surface area contributed by atoms with Crippen LogP contribution in [0.4, 0.5) is 10.1 Å². The van der Waals surface area contributed by atoms with E-state index in [0.717, 1.165) is 18.7 Å². The van der Waals surface area contributed by atoms with Crippen molar-refractivity contribution in [1.29, 1.82) is 0 Å². The number of carbonyl (C=O) groups excluding carboxylic acids is 1. The van der Waals surface area contributed by atoms with E-state index in [-0.39, 0.29) is 18.3 Å². The molecule has 0 heterocycles. The molecule has 1 N–H and O–H groups in total. The Morgan fingerprint density at radius 3 is 2.52 bits per heavy atom. The molecule has 0 fully saturated rings. The quantitative estimate of drug-likeness (QED) is 0.762. The highest BCUT2D eigenvalue weighted by molar-refractivity contribution is 5.77. The standard InChI is InChI=1S/C18H21FN2O2/c1-21(16-6-3-2-4-7-16)13-5-12-20-18(22)14-23-17-10-8-15(19)9-11-17/h2-4,6-11H,5,12-14H2,1H3,(H,20,22). The Balaban J connectivity index is 1.60. The second-order valence-corrected chi connectivity index (χ2v) is 5.20. The van der Waals surface area contributed by atoms with Crippen LogP contribution in [0.3, 0.4) is 0 Å². The maximum absolute atomic E-state index is 12.7. The number of hydrogen-bond acceptors (Lipinski definition) is 3. The minimum atomic E-state index is -0.329. The van der Waals surface area contributed by atoms with Crippen molar-refractivity contribution in [3.8, 4) is 5.75 Å². The van der Waals surface area contributed by atoms with Gasteiger partial charge in [0.15, 0.2) is 6.61 Å². The lowest BCUT2D eigenvalue weighted by Crippen LogP contribution is -2.31. The molecule has 0 aliphatic heterocycles. The summed E-state index contributed by atoms with van der Waals surface area (Å²) in [5.74, 6) is -0.0358. The van der Waals surface area contributed by atoms with E-state index in [9.17, 15) is 9.18 Å². The van der Waals surface area contributed by atoms with E-state index >= 15 is 0 Å². The number of nitrogens with zero attached hydrogens (tertiary/aromatic N) is 1. The summed E-state index contributed by atoms with van der Waals surface area (Å²) in [5.41, 5.74) is 1.15. The average Bonchev–Trinajstić information content (AvgIpc) is 2.59. The van der Waals surface area contributed by atoms with Gasteiger partial charge in [-0.2, -0.15) is 0 Å². The van der Waals surface area contributed by atoms with Crippen molar-refractivity contribution in [3.05, 3.63) is 60.4 Å². The molecule has 0 aliphatic rings. The van der Waals surface area contributed by atoms with Crippen molar-refractivity contribution in [1.82, 2.24) is 5.32 Å². The molecule has 0 bridgehead atoms. The van der Waals surface area contributed by atoms with Crippen LogP contribution in [0.25, 0.3) is 0 Å². The molecule has 0 unspecified atom stereocenters. The Bertz CT molecular complexity index is 602.